The number of aliphatic hydroxyl groups excluding tert-OH is 1. The molecule has 0 aliphatic carbocycles. The Morgan fingerprint density at radius 2 is 1.85 bits per heavy atom. The summed E-state index contributed by atoms with van der Waals surface area (Å²) in [6.45, 7) is 4.25. The Morgan fingerprint density at radius 1 is 1.23 bits per heavy atom. The Hall–Kier alpha value is -0.860. The highest BCUT2D eigenvalue weighted by Crippen LogP contribution is 2.11. The van der Waals surface area contributed by atoms with E-state index < -0.39 is 0 Å². The average molecular weight is 179 g/mol. The molecule has 0 bridgehead atoms. The third-order valence-electron chi connectivity index (χ3n) is 2.11. The van der Waals surface area contributed by atoms with Crippen molar-refractivity contribution in [2.24, 2.45) is 0 Å². The van der Waals surface area contributed by atoms with Gasteiger partial charge in [-0.25, -0.2) is 0 Å². The Kier molecular flexibility index (Phi) is 3.93. The maximum Gasteiger partial charge on any atom is 0.0582 e. The molecular formula is C11H17NO. The van der Waals surface area contributed by atoms with Crippen molar-refractivity contribution in [3.63, 3.8) is 0 Å². The van der Waals surface area contributed by atoms with E-state index in [9.17, 15) is 0 Å². The van der Waals surface area contributed by atoms with Gasteiger partial charge in [0, 0.05) is 12.1 Å². The van der Waals surface area contributed by atoms with Gasteiger partial charge in [-0.2, -0.15) is 0 Å². The van der Waals surface area contributed by atoms with E-state index in [1.54, 1.807) is 0 Å². The topological polar surface area (TPSA) is 32.3 Å². The van der Waals surface area contributed by atoms with Crippen LogP contribution in [0.1, 0.15) is 25.5 Å². The van der Waals surface area contributed by atoms with Gasteiger partial charge in [0.1, 0.15) is 0 Å². The Labute approximate surface area is 79.6 Å². The van der Waals surface area contributed by atoms with Crippen molar-refractivity contribution in [3.05, 3.63) is 35.9 Å². The molecule has 0 saturated carbocycles. The molecule has 1 aromatic carbocycles. The number of benzene rings is 1. The van der Waals surface area contributed by atoms with Gasteiger partial charge in [-0.3, -0.25) is 0 Å². The smallest absolute Gasteiger partial charge is 0.0582 e. The fourth-order valence-electron chi connectivity index (χ4n) is 1.32. The highest BCUT2D eigenvalue weighted by Gasteiger charge is 2.06. The minimum Gasteiger partial charge on any atom is -0.395 e. The summed E-state index contributed by atoms with van der Waals surface area (Å²) >= 11 is 0. The Bertz CT molecular complexity index is 235. The van der Waals surface area contributed by atoms with Crippen LogP contribution in [0.4, 0.5) is 0 Å². The normalized spacial score (nSPS) is 15.3. The number of nitrogens with one attached hydrogen (secondary N) is 1. The van der Waals surface area contributed by atoms with E-state index in [0.717, 1.165) is 0 Å². The minimum atomic E-state index is 0.148. The minimum absolute atomic E-state index is 0.148. The first-order valence-corrected chi connectivity index (χ1v) is 4.66. The first kappa shape index (κ1) is 10.2. The molecule has 1 rings (SSSR count). The molecule has 2 N–H and O–H groups in total. The van der Waals surface area contributed by atoms with Gasteiger partial charge in [-0.1, -0.05) is 30.3 Å². The molecule has 2 atom stereocenters. The highest BCUT2D eigenvalue weighted by molar-refractivity contribution is 5.18. The van der Waals surface area contributed by atoms with E-state index in [1.165, 1.54) is 5.56 Å². The molecule has 2 heteroatoms. The largest absolute Gasteiger partial charge is 0.395 e. The predicted molar refractivity (Wildman–Crippen MR) is 54.5 cm³/mol. The van der Waals surface area contributed by atoms with E-state index >= 15 is 0 Å². The van der Waals surface area contributed by atoms with Crippen LogP contribution in [0.3, 0.4) is 0 Å². The first-order valence-electron chi connectivity index (χ1n) is 4.66. The van der Waals surface area contributed by atoms with E-state index in [0.29, 0.717) is 6.04 Å². The lowest BCUT2D eigenvalue weighted by atomic mass is 10.1. The molecule has 0 fully saturated rings. The van der Waals surface area contributed by atoms with Gasteiger partial charge in [-0.05, 0) is 19.4 Å². The van der Waals surface area contributed by atoms with Crippen molar-refractivity contribution in [1.82, 2.24) is 5.32 Å². The van der Waals surface area contributed by atoms with Crippen LogP contribution in [-0.2, 0) is 0 Å². The van der Waals surface area contributed by atoms with Crippen LogP contribution < -0.4 is 5.32 Å². The Morgan fingerprint density at radius 3 is 2.38 bits per heavy atom. The third kappa shape index (κ3) is 3.17. The quantitative estimate of drug-likeness (QED) is 0.737. The molecule has 2 nitrogen and oxygen atoms in total. The second kappa shape index (κ2) is 5.00. The molecular weight excluding hydrogens is 162 g/mol. The van der Waals surface area contributed by atoms with Crippen LogP contribution in [0, 0.1) is 0 Å². The van der Waals surface area contributed by atoms with Crippen LogP contribution in [0.15, 0.2) is 30.3 Å². The van der Waals surface area contributed by atoms with Crippen molar-refractivity contribution in [2.75, 3.05) is 6.61 Å². The van der Waals surface area contributed by atoms with Gasteiger partial charge in [0.2, 0.25) is 0 Å². The maximum absolute atomic E-state index is 8.87. The first-order chi connectivity index (χ1) is 6.24. The molecule has 72 valence electrons. The molecule has 0 aliphatic heterocycles. The lowest BCUT2D eigenvalue weighted by molar-refractivity contribution is 0.243. The predicted octanol–water partition coefficient (Wildman–Crippen LogP) is 1.72. The number of aliphatic hydroxyl groups is 1. The third-order valence-corrected chi connectivity index (χ3v) is 2.11. The molecule has 0 heterocycles. The number of hydrogen-bond acceptors (Lipinski definition) is 2. The van der Waals surface area contributed by atoms with Crippen LogP contribution in [0.5, 0.6) is 0 Å². The van der Waals surface area contributed by atoms with Crippen LogP contribution >= 0.6 is 0 Å². The SMILES string of the molecule is CC(N[C@H](C)CO)c1ccccc1. The van der Waals surface area contributed by atoms with Gasteiger partial charge >= 0.3 is 0 Å². The second-order valence-electron chi connectivity index (χ2n) is 3.38. The summed E-state index contributed by atoms with van der Waals surface area (Å²) in [6, 6.07) is 10.7. The molecule has 1 aromatic rings. The van der Waals surface area contributed by atoms with Gasteiger partial charge in [0.05, 0.1) is 6.61 Å². The maximum atomic E-state index is 8.87. The van der Waals surface area contributed by atoms with E-state index in [-0.39, 0.29) is 12.6 Å². The fraction of sp³-hybridized carbons (Fsp3) is 0.455. The zero-order chi connectivity index (χ0) is 9.68. The van der Waals surface area contributed by atoms with Crippen molar-refractivity contribution in [2.45, 2.75) is 25.9 Å². The summed E-state index contributed by atoms with van der Waals surface area (Å²) in [5.41, 5.74) is 1.25. The zero-order valence-corrected chi connectivity index (χ0v) is 8.20. The van der Waals surface area contributed by atoms with Crippen molar-refractivity contribution >= 4 is 0 Å². The second-order valence-corrected chi connectivity index (χ2v) is 3.38. The summed E-state index contributed by atoms with van der Waals surface area (Å²) in [7, 11) is 0. The molecule has 0 amide bonds. The van der Waals surface area contributed by atoms with Gasteiger partial charge in [-0.15, -0.1) is 0 Å². The van der Waals surface area contributed by atoms with Crippen molar-refractivity contribution < 1.29 is 5.11 Å². The molecule has 0 saturated heterocycles. The zero-order valence-electron chi connectivity index (χ0n) is 8.20. The molecule has 0 spiro atoms. The van der Waals surface area contributed by atoms with Gasteiger partial charge in [0.15, 0.2) is 0 Å². The summed E-state index contributed by atoms with van der Waals surface area (Å²) in [5, 5.41) is 12.2. The fourth-order valence-corrected chi connectivity index (χ4v) is 1.32. The number of rotatable bonds is 4. The van der Waals surface area contributed by atoms with E-state index in [1.807, 2.05) is 25.1 Å². The molecule has 0 aliphatic rings. The van der Waals surface area contributed by atoms with Gasteiger partial charge in [0.25, 0.3) is 0 Å². The number of hydrogen-bond donors (Lipinski definition) is 2. The molecule has 0 aromatic heterocycles. The van der Waals surface area contributed by atoms with Crippen molar-refractivity contribution in [1.29, 1.82) is 0 Å². The van der Waals surface area contributed by atoms with Crippen LogP contribution in [0.25, 0.3) is 0 Å². The lowest BCUT2D eigenvalue weighted by Gasteiger charge is -2.18. The highest BCUT2D eigenvalue weighted by atomic mass is 16.3. The van der Waals surface area contributed by atoms with Crippen LogP contribution in [-0.4, -0.2) is 17.8 Å². The molecule has 13 heavy (non-hydrogen) atoms. The summed E-state index contributed by atoms with van der Waals surface area (Å²) in [5.74, 6) is 0. The summed E-state index contributed by atoms with van der Waals surface area (Å²) in [6.07, 6.45) is 0. The van der Waals surface area contributed by atoms with E-state index in [4.69, 9.17) is 5.11 Å². The Balaban J connectivity index is 2.53. The van der Waals surface area contributed by atoms with Crippen LogP contribution in [0.2, 0.25) is 0 Å². The van der Waals surface area contributed by atoms with E-state index in [2.05, 4.69) is 24.4 Å². The lowest BCUT2D eigenvalue weighted by Crippen LogP contribution is -2.31. The monoisotopic (exact) mass is 179 g/mol. The summed E-state index contributed by atoms with van der Waals surface area (Å²) in [4.78, 5) is 0. The molecule has 1 unspecified atom stereocenters. The average Bonchev–Trinajstić information content (AvgIpc) is 2.19. The summed E-state index contributed by atoms with van der Waals surface area (Å²) < 4.78 is 0. The standard InChI is InChI=1S/C11H17NO/c1-9(8-13)12-10(2)11-6-4-3-5-7-11/h3-7,9-10,12-13H,8H2,1-2H3/t9-,10?/m1/s1. The van der Waals surface area contributed by atoms with Gasteiger partial charge < -0.3 is 10.4 Å². The molecule has 0 radical (unpaired) electrons. The van der Waals surface area contributed by atoms with Crippen molar-refractivity contribution in [3.8, 4) is 0 Å².